The molecule has 21 heavy (non-hydrogen) atoms. The van der Waals surface area contributed by atoms with Crippen LogP contribution < -0.4 is 5.32 Å². The normalized spacial score (nSPS) is 21.6. The van der Waals surface area contributed by atoms with Gasteiger partial charge in [-0.3, -0.25) is 0 Å². The van der Waals surface area contributed by atoms with Crippen molar-refractivity contribution >= 4 is 5.95 Å². The van der Waals surface area contributed by atoms with Crippen LogP contribution in [0.25, 0.3) is 0 Å². The summed E-state index contributed by atoms with van der Waals surface area (Å²) in [5, 5.41) is 3.69. The maximum atomic E-state index is 4.70. The van der Waals surface area contributed by atoms with Gasteiger partial charge in [0, 0.05) is 25.3 Å². The monoisotopic (exact) mass is 290 g/mol. The van der Waals surface area contributed by atoms with E-state index in [1.165, 1.54) is 64.5 Å². The first-order valence-electron chi connectivity index (χ1n) is 8.84. The molecule has 2 fully saturated rings. The lowest BCUT2D eigenvalue weighted by atomic mass is 9.96. The van der Waals surface area contributed by atoms with Gasteiger partial charge in [-0.25, -0.2) is 4.98 Å². The lowest BCUT2D eigenvalue weighted by Gasteiger charge is -2.27. The molecule has 1 aromatic heterocycles. The Bertz CT molecular complexity index is 428. The zero-order valence-electron chi connectivity index (χ0n) is 13.5. The average molecular weight is 290 g/mol. The van der Waals surface area contributed by atoms with E-state index < -0.39 is 0 Å². The molecule has 4 nitrogen and oxygen atoms in total. The molecule has 0 spiro atoms. The number of likely N-dealkylation sites (tertiary alicyclic amines) is 1. The molecule has 2 aliphatic rings. The molecule has 0 unspecified atom stereocenters. The van der Waals surface area contributed by atoms with Gasteiger partial charge in [0.15, 0.2) is 0 Å². The van der Waals surface area contributed by atoms with E-state index in [4.69, 9.17) is 4.98 Å². The second-order valence-corrected chi connectivity index (χ2v) is 6.78. The van der Waals surface area contributed by atoms with Gasteiger partial charge >= 0.3 is 0 Å². The molecule has 3 rings (SSSR count). The van der Waals surface area contributed by atoms with Crippen LogP contribution in [0.2, 0.25) is 0 Å². The molecule has 1 saturated heterocycles. The van der Waals surface area contributed by atoms with Crippen molar-refractivity contribution in [3.63, 3.8) is 0 Å². The number of piperidine rings is 1. The van der Waals surface area contributed by atoms with Gasteiger partial charge in [-0.05, 0) is 45.7 Å². The van der Waals surface area contributed by atoms with Gasteiger partial charge in [-0.1, -0.05) is 25.7 Å². The molecular weight excluding hydrogens is 260 g/mol. The molecule has 0 aromatic carbocycles. The summed E-state index contributed by atoms with van der Waals surface area (Å²) < 4.78 is 2.33. The predicted molar refractivity (Wildman–Crippen MR) is 87.8 cm³/mol. The number of imidazole rings is 1. The molecule has 1 aliphatic heterocycles. The Labute approximate surface area is 128 Å². The maximum Gasteiger partial charge on any atom is 0.203 e. The van der Waals surface area contributed by atoms with Crippen LogP contribution in [-0.4, -0.2) is 40.1 Å². The third-order valence-electron chi connectivity index (χ3n) is 4.94. The van der Waals surface area contributed by atoms with E-state index in [0.29, 0.717) is 6.04 Å². The summed E-state index contributed by atoms with van der Waals surface area (Å²) in [6.07, 6.45) is 13.1. The Morgan fingerprint density at radius 3 is 2.52 bits per heavy atom. The average Bonchev–Trinajstić information content (AvgIpc) is 2.87. The summed E-state index contributed by atoms with van der Waals surface area (Å²) in [5.41, 5.74) is 1.13. The topological polar surface area (TPSA) is 33.1 Å². The van der Waals surface area contributed by atoms with Crippen molar-refractivity contribution in [3.05, 3.63) is 11.9 Å². The lowest BCUT2D eigenvalue weighted by molar-refractivity contribution is 0.221. The SMILES string of the molecule is Cc1cn(CCN2CCCCC2)c(NC2CCCCC2)n1. The second-order valence-electron chi connectivity index (χ2n) is 6.78. The van der Waals surface area contributed by atoms with Crippen molar-refractivity contribution in [1.29, 1.82) is 0 Å². The van der Waals surface area contributed by atoms with Gasteiger partial charge in [0.25, 0.3) is 0 Å². The minimum atomic E-state index is 0.634. The highest BCUT2D eigenvalue weighted by molar-refractivity contribution is 5.30. The minimum absolute atomic E-state index is 0.634. The third-order valence-corrected chi connectivity index (χ3v) is 4.94. The van der Waals surface area contributed by atoms with Crippen molar-refractivity contribution in [2.24, 2.45) is 0 Å². The van der Waals surface area contributed by atoms with Crippen molar-refractivity contribution in [3.8, 4) is 0 Å². The number of aromatic nitrogens is 2. The van der Waals surface area contributed by atoms with E-state index in [1.54, 1.807) is 0 Å². The number of hydrogen-bond acceptors (Lipinski definition) is 3. The van der Waals surface area contributed by atoms with Crippen LogP contribution in [0.4, 0.5) is 5.95 Å². The van der Waals surface area contributed by atoms with E-state index in [0.717, 1.165) is 24.7 Å². The van der Waals surface area contributed by atoms with Crippen molar-refractivity contribution in [2.75, 3.05) is 25.0 Å². The molecule has 0 amide bonds. The first-order chi connectivity index (χ1) is 10.3. The number of aryl methyl sites for hydroxylation is 1. The van der Waals surface area contributed by atoms with Crippen LogP contribution in [0, 0.1) is 6.92 Å². The molecule has 2 heterocycles. The van der Waals surface area contributed by atoms with Crippen molar-refractivity contribution in [1.82, 2.24) is 14.5 Å². The highest BCUT2D eigenvalue weighted by Crippen LogP contribution is 2.21. The Balaban J connectivity index is 1.56. The molecule has 4 heteroatoms. The molecular formula is C17H30N4. The Hall–Kier alpha value is -1.03. The van der Waals surface area contributed by atoms with Gasteiger partial charge in [0.05, 0.1) is 5.69 Å². The molecule has 1 aromatic rings. The fourth-order valence-electron chi connectivity index (χ4n) is 3.69. The number of nitrogens with zero attached hydrogens (tertiary/aromatic N) is 3. The molecule has 0 atom stereocenters. The number of hydrogen-bond donors (Lipinski definition) is 1. The smallest absolute Gasteiger partial charge is 0.203 e. The highest BCUT2D eigenvalue weighted by Gasteiger charge is 2.16. The molecule has 0 bridgehead atoms. The number of anilines is 1. The minimum Gasteiger partial charge on any atom is -0.353 e. The summed E-state index contributed by atoms with van der Waals surface area (Å²) >= 11 is 0. The number of nitrogens with one attached hydrogen (secondary N) is 1. The van der Waals surface area contributed by atoms with Crippen LogP contribution >= 0.6 is 0 Å². The van der Waals surface area contributed by atoms with Gasteiger partial charge in [-0.2, -0.15) is 0 Å². The largest absolute Gasteiger partial charge is 0.353 e. The quantitative estimate of drug-likeness (QED) is 0.902. The third kappa shape index (κ3) is 4.22. The Morgan fingerprint density at radius 2 is 1.76 bits per heavy atom. The van der Waals surface area contributed by atoms with Gasteiger partial charge in [0.1, 0.15) is 0 Å². The summed E-state index contributed by atoms with van der Waals surface area (Å²) in [5.74, 6) is 1.09. The summed E-state index contributed by atoms with van der Waals surface area (Å²) in [6.45, 7) is 6.88. The van der Waals surface area contributed by atoms with Crippen LogP contribution in [0.5, 0.6) is 0 Å². The Morgan fingerprint density at radius 1 is 1.05 bits per heavy atom. The van der Waals surface area contributed by atoms with Gasteiger partial charge in [-0.15, -0.1) is 0 Å². The van der Waals surface area contributed by atoms with Crippen LogP contribution in [0.1, 0.15) is 57.1 Å². The zero-order chi connectivity index (χ0) is 14.5. The molecule has 118 valence electrons. The van der Waals surface area contributed by atoms with E-state index >= 15 is 0 Å². The first-order valence-corrected chi connectivity index (χ1v) is 8.84. The van der Waals surface area contributed by atoms with Crippen LogP contribution in [0.15, 0.2) is 6.20 Å². The molecule has 0 radical (unpaired) electrons. The van der Waals surface area contributed by atoms with Gasteiger partial charge < -0.3 is 14.8 Å². The van der Waals surface area contributed by atoms with Crippen molar-refractivity contribution < 1.29 is 0 Å². The summed E-state index contributed by atoms with van der Waals surface area (Å²) in [7, 11) is 0. The second kappa shape index (κ2) is 7.30. The molecule has 1 saturated carbocycles. The van der Waals surface area contributed by atoms with E-state index in [1.807, 2.05) is 0 Å². The van der Waals surface area contributed by atoms with Crippen LogP contribution in [-0.2, 0) is 6.54 Å². The fourth-order valence-corrected chi connectivity index (χ4v) is 3.69. The first kappa shape index (κ1) is 14.9. The number of rotatable bonds is 5. The zero-order valence-corrected chi connectivity index (χ0v) is 13.5. The summed E-state index contributed by atoms with van der Waals surface area (Å²) in [6, 6.07) is 0.634. The predicted octanol–water partition coefficient (Wildman–Crippen LogP) is 3.42. The lowest BCUT2D eigenvalue weighted by Crippen LogP contribution is -2.33. The fraction of sp³-hybridized carbons (Fsp3) is 0.824. The van der Waals surface area contributed by atoms with Crippen LogP contribution in [0.3, 0.4) is 0 Å². The van der Waals surface area contributed by atoms with Crippen molar-refractivity contribution in [2.45, 2.75) is 70.9 Å². The summed E-state index contributed by atoms with van der Waals surface area (Å²) in [4.78, 5) is 7.30. The van der Waals surface area contributed by atoms with E-state index in [-0.39, 0.29) is 0 Å². The Kier molecular flexibility index (Phi) is 5.17. The maximum absolute atomic E-state index is 4.70. The highest BCUT2D eigenvalue weighted by atomic mass is 15.2. The molecule has 1 aliphatic carbocycles. The molecule has 1 N–H and O–H groups in total. The van der Waals surface area contributed by atoms with Gasteiger partial charge in [0.2, 0.25) is 5.95 Å². The van der Waals surface area contributed by atoms with E-state index in [9.17, 15) is 0 Å². The standard InChI is InChI=1S/C17H30N4/c1-15-14-21(13-12-20-10-6-3-7-11-20)17(18-15)19-16-8-4-2-5-9-16/h14,16H,2-13H2,1H3,(H,18,19). The van der Waals surface area contributed by atoms with E-state index in [2.05, 4.69) is 27.9 Å².